The molecule has 0 aliphatic heterocycles. The van der Waals surface area contributed by atoms with Crippen LogP contribution in [0.5, 0.6) is 0 Å². The van der Waals surface area contributed by atoms with Crippen molar-refractivity contribution in [2.75, 3.05) is 5.75 Å². The van der Waals surface area contributed by atoms with Gasteiger partial charge in [0.05, 0.1) is 23.4 Å². The van der Waals surface area contributed by atoms with Gasteiger partial charge in [0.1, 0.15) is 5.82 Å². The van der Waals surface area contributed by atoms with E-state index in [1.54, 1.807) is 0 Å². The molecule has 0 spiro atoms. The topological polar surface area (TPSA) is 59.8 Å². The third-order valence-electron chi connectivity index (χ3n) is 3.93. The fourth-order valence-electron chi connectivity index (χ4n) is 2.62. The number of thioether (sulfide) groups is 1. The number of hydrogen-bond donors (Lipinski definition) is 1. The minimum absolute atomic E-state index is 0.138. The van der Waals surface area contributed by atoms with Gasteiger partial charge in [-0.15, -0.1) is 10.2 Å². The van der Waals surface area contributed by atoms with Gasteiger partial charge in [-0.3, -0.25) is 9.36 Å². The van der Waals surface area contributed by atoms with Crippen molar-refractivity contribution >= 4 is 17.7 Å². The highest BCUT2D eigenvalue weighted by atomic mass is 32.2. The molecule has 0 saturated heterocycles. The number of benzene rings is 2. The fourth-order valence-corrected chi connectivity index (χ4v) is 3.31. The highest BCUT2D eigenvalue weighted by Gasteiger charge is 2.31. The van der Waals surface area contributed by atoms with E-state index in [4.69, 9.17) is 0 Å². The zero-order valence-corrected chi connectivity index (χ0v) is 16.0. The Morgan fingerprint density at radius 3 is 2.59 bits per heavy atom. The van der Waals surface area contributed by atoms with Gasteiger partial charge in [0.25, 0.3) is 5.91 Å². The predicted molar refractivity (Wildman–Crippen MR) is 100 cm³/mol. The SMILES string of the molecule is CCSc1nnc(CNC(=O)c2ccccc2F)n1-c1cccc(C(F)(F)F)c1. The summed E-state index contributed by atoms with van der Waals surface area (Å²) >= 11 is 1.30. The lowest BCUT2D eigenvalue weighted by molar-refractivity contribution is -0.137. The number of carbonyl (C=O) groups is 1. The number of carbonyl (C=O) groups excluding carboxylic acids is 1. The minimum Gasteiger partial charge on any atom is -0.345 e. The molecule has 2 aromatic carbocycles. The average molecular weight is 424 g/mol. The van der Waals surface area contributed by atoms with Gasteiger partial charge in [-0.1, -0.05) is 36.9 Å². The molecule has 1 heterocycles. The predicted octanol–water partition coefficient (Wildman–Crippen LogP) is 4.47. The number of alkyl halides is 3. The second kappa shape index (κ2) is 8.64. The number of hydrogen-bond acceptors (Lipinski definition) is 4. The normalized spacial score (nSPS) is 11.5. The van der Waals surface area contributed by atoms with Crippen LogP contribution in [0.1, 0.15) is 28.7 Å². The van der Waals surface area contributed by atoms with Gasteiger partial charge in [0, 0.05) is 0 Å². The second-order valence-corrected chi connectivity index (χ2v) is 7.11. The monoisotopic (exact) mass is 424 g/mol. The molecule has 3 aromatic rings. The first-order chi connectivity index (χ1) is 13.8. The zero-order chi connectivity index (χ0) is 21.0. The summed E-state index contributed by atoms with van der Waals surface area (Å²) in [5.74, 6) is -0.485. The molecule has 29 heavy (non-hydrogen) atoms. The summed E-state index contributed by atoms with van der Waals surface area (Å²) in [6, 6.07) is 10.2. The number of nitrogens with zero attached hydrogens (tertiary/aromatic N) is 3. The average Bonchev–Trinajstić information content (AvgIpc) is 3.09. The van der Waals surface area contributed by atoms with E-state index in [0.29, 0.717) is 10.9 Å². The molecule has 0 bridgehead atoms. The first kappa shape index (κ1) is 20.8. The standard InChI is InChI=1S/C19H16F4N4OS/c1-2-29-18-26-25-16(11-24-17(28)14-8-3-4-9-15(14)20)27(18)13-7-5-6-12(10-13)19(21,22)23/h3-10H,2,11H2,1H3,(H,24,28). The summed E-state index contributed by atoms with van der Waals surface area (Å²) in [4.78, 5) is 12.2. The van der Waals surface area contributed by atoms with Crippen LogP contribution in [-0.4, -0.2) is 26.4 Å². The van der Waals surface area contributed by atoms with Crippen LogP contribution < -0.4 is 5.32 Å². The highest BCUT2D eigenvalue weighted by molar-refractivity contribution is 7.99. The molecule has 0 saturated carbocycles. The van der Waals surface area contributed by atoms with Gasteiger partial charge in [-0.05, 0) is 36.1 Å². The van der Waals surface area contributed by atoms with Crippen molar-refractivity contribution in [3.8, 4) is 5.69 Å². The van der Waals surface area contributed by atoms with Gasteiger partial charge in [-0.2, -0.15) is 13.2 Å². The number of amides is 1. The van der Waals surface area contributed by atoms with Gasteiger partial charge in [0.15, 0.2) is 11.0 Å². The fraction of sp³-hybridized carbons (Fsp3) is 0.211. The molecule has 1 aromatic heterocycles. The second-order valence-electron chi connectivity index (χ2n) is 5.88. The maximum Gasteiger partial charge on any atom is 0.416 e. The molecular weight excluding hydrogens is 408 g/mol. The van der Waals surface area contributed by atoms with E-state index in [9.17, 15) is 22.4 Å². The van der Waals surface area contributed by atoms with Crippen molar-refractivity contribution in [2.45, 2.75) is 24.8 Å². The van der Waals surface area contributed by atoms with E-state index in [2.05, 4.69) is 15.5 Å². The lowest BCUT2D eigenvalue weighted by atomic mass is 10.2. The van der Waals surface area contributed by atoms with Gasteiger partial charge >= 0.3 is 6.18 Å². The van der Waals surface area contributed by atoms with Crippen LogP contribution in [0.3, 0.4) is 0 Å². The lowest BCUT2D eigenvalue weighted by Crippen LogP contribution is -2.25. The number of aromatic nitrogens is 3. The summed E-state index contributed by atoms with van der Waals surface area (Å²) in [5.41, 5.74) is -0.728. The third-order valence-corrected chi connectivity index (χ3v) is 4.74. The van der Waals surface area contributed by atoms with Crippen molar-refractivity contribution in [3.05, 3.63) is 71.3 Å². The molecule has 0 fully saturated rings. The molecule has 1 amide bonds. The Hall–Kier alpha value is -2.88. The quantitative estimate of drug-likeness (QED) is 0.469. The molecule has 0 atom stereocenters. The Bertz CT molecular complexity index is 1020. The van der Waals surface area contributed by atoms with Crippen LogP contribution in [0, 0.1) is 5.82 Å². The Balaban J connectivity index is 1.91. The summed E-state index contributed by atoms with van der Waals surface area (Å²) in [5, 5.41) is 10.9. The largest absolute Gasteiger partial charge is 0.416 e. The first-order valence-electron chi connectivity index (χ1n) is 8.58. The van der Waals surface area contributed by atoms with Gasteiger partial charge < -0.3 is 5.32 Å². The Kier molecular flexibility index (Phi) is 6.21. The minimum atomic E-state index is -4.50. The smallest absolute Gasteiger partial charge is 0.345 e. The van der Waals surface area contributed by atoms with Crippen molar-refractivity contribution in [1.82, 2.24) is 20.1 Å². The van der Waals surface area contributed by atoms with E-state index < -0.39 is 23.5 Å². The lowest BCUT2D eigenvalue weighted by Gasteiger charge is -2.13. The molecule has 1 N–H and O–H groups in total. The Labute approximate surface area is 168 Å². The Morgan fingerprint density at radius 1 is 1.14 bits per heavy atom. The molecule has 0 unspecified atom stereocenters. The van der Waals surface area contributed by atoms with E-state index in [1.165, 1.54) is 46.7 Å². The van der Waals surface area contributed by atoms with E-state index in [-0.39, 0.29) is 23.6 Å². The molecule has 0 aliphatic rings. The summed E-state index contributed by atoms with van der Waals surface area (Å²) < 4.78 is 54.5. The van der Waals surface area contributed by atoms with Gasteiger partial charge in [-0.25, -0.2) is 4.39 Å². The third kappa shape index (κ3) is 4.76. The summed E-state index contributed by atoms with van der Waals surface area (Å²) in [6.07, 6.45) is -4.50. The zero-order valence-electron chi connectivity index (χ0n) is 15.2. The molecule has 5 nitrogen and oxygen atoms in total. The van der Waals surface area contributed by atoms with Crippen molar-refractivity contribution < 1.29 is 22.4 Å². The van der Waals surface area contributed by atoms with Gasteiger partial charge in [0.2, 0.25) is 0 Å². The summed E-state index contributed by atoms with van der Waals surface area (Å²) in [6.45, 7) is 1.73. The van der Waals surface area contributed by atoms with Crippen molar-refractivity contribution in [1.29, 1.82) is 0 Å². The maximum absolute atomic E-state index is 13.8. The molecule has 152 valence electrons. The summed E-state index contributed by atoms with van der Waals surface area (Å²) in [7, 11) is 0. The number of nitrogens with one attached hydrogen (secondary N) is 1. The van der Waals surface area contributed by atoms with Crippen molar-refractivity contribution in [2.24, 2.45) is 0 Å². The van der Waals surface area contributed by atoms with Crippen molar-refractivity contribution in [3.63, 3.8) is 0 Å². The van der Waals surface area contributed by atoms with Crippen LogP contribution in [0.2, 0.25) is 0 Å². The molecular formula is C19H16F4N4OS. The number of rotatable bonds is 6. The highest BCUT2D eigenvalue weighted by Crippen LogP contribution is 2.31. The van der Waals surface area contributed by atoms with E-state index in [0.717, 1.165) is 18.2 Å². The first-order valence-corrected chi connectivity index (χ1v) is 9.57. The number of halogens is 4. The molecule has 0 radical (unpaired) electrons. The van der Waals surface area contributed by atoms with E-state index >= 15 is 0 Å². The van der Waals surface area contributed by atoms with Crippen LogP contribution in [-0.2, 0) is 12.7 Å². The Morgan fingerprint density at radius 2 is 1.90 bits per heavy atom. The molecule has 10 heteroatoms. The van der Waals surface area contributed by atoms with E-state index in [1.807, 2.05) is 6.92 Å². The van der Waals surface area contributed by atoms with Crippen LogP contribution >= 0.6 is 11.8 Å². The molecule has 0 aliphatic carbocycles. The van der Waals surface area contributed by atoms with Crippen LogP contribution in [0.4, 0.5) is 17.6 Å². The molecule has 3 rings (SSSR count). The van der Waals surface area contributed by atoms with Crippen LogP contribution in [0.15, 0.2) is 53.7 Å². The van der Waals surface area contributed by atoms with Crippen LogP contribution in [0.25, 0.3) is 5.69 Å². The maximum atomic E-state index is 13.8.